The van der Waals surface area contributed by atoms with Crippen molar-refractivity contribution in [2.24, 2.45) is 0 Å². The van der Waals surface area contributed by atoms with Crippen LogP contribution in [0, 0.1) is 0 Å². The quantitative estimate of drug-likeness (QED) is 0.715. The van der Waals surface area contributed by atoms with Crippen molar-refractivity contribution in [3.8, 4) is 0 Å². The molecule has 0 saturated heterocycles. The zero-order valence-electron chi connectivity index (χ0n) is 11.5. The van der Waals surface area contributed by atoms with Crippen LogP contribution in [0.2, 0.25) is 0 Å². The average Bonchev–Trinajstić information content (AvgIpc) is 2.90. The summed E-state index contributed by atoms with van der Waals surface area (Å²) < 4.78 is 5.00. The molecule has 0 aliphatic rings. The first-order valence-corrected chi connectivity index (χ1v) is 6.19. The summed E-state index contributed by atoms with van der Waals surface area (Å²) in [4.78, 5) is 34.6. The van der Waals surface area contributed by atoms with Crippen LogP contribution in [0.1, 0.15) is 17.4 Å². The van der Waals surface area contributed by atoms with Crippen LogP contribution in [0.25, 0.3) is 10.9 Å². The lowest BCUT2D eigenvalue weighted by atomic mass is 10.2. The van der Waals surface area contributed by atoms with Crippen molar-refractivity contribution in [3.05, 3.63) is 30.0 Å². The molecule has 3 N–H and O–H groups in total. The van der Waals surface area contributed by atoms with Crippen molar-refractivity contribution in [2.75, 3.05) is 7.05 Å². The Morgan fingerprint density at radius 1 is 1.29 bits per heavy atom. The van der Waals surface area contributed by atoms with E-state index in [1.807, 2.05) is 5.32 Å². The summed E-state index contributed by atoms with van der Waals surface area (Å²) in [6.45, 7) is 1.37. The van der Waals surface area contributed by atoms with Crippen LogP contribution in [0.3, 0.4) is 0 Å². The number of hydrogen-bond donors (Lipinski definition) is 3. The number of H-pyrrole nitrogens is 1. The second kappa shape index (κ2) is 6.04. The first-order valence-electron chi connectivity index (χ1n) is 6.19. The smallest absolute Gasteiger partial charge is 0.360 e. The molecule has 3 amide bonds. The fourth-order valence-electron chi connectivity index (χ4n) is 1.66. The number of hydrogen-bond acceptors (Lipinski definition) is 5. The van der Waals surface area contributed by atoms with Crippen molar-refractivity contribution < 1.29 is 19.1 Å². The molecule has 0 saturated carbocycles. The number of esters is 1. The zero-order chi connectivity index (χ0) is 15.4. The summed E-state index contributed by atoms with van der Waals surface area (Å²) >= 11 is 0. The molecule has 8 nitrogen and oxygen atoms in total. The predicted octanol–water partition coefficient (Wildman–Crippen LogP) is 0.564. The van der Waals surface area contributed by atoms with E-state index in [-0.39, 0.29) is 5.69 Å². The number of nitrogens with zero attached hydrogens (tertiary/aromatic N) is 1. The van der Waals surface area contributed by atoms with Gasteiger partial charge in [0.25, 0.3) is 5.91 Å². The van der Waals surface area contributed by atoms with Gasteiger partial charge in [0, 0.05) is 12.4 Å². The number of benzene rings is 1. The van der Waals surface area contributed by atoms with Gasteiger partial charge in [0.05, 0.1) is 5.52 Å². The van der Waals surface area contributed by atoms with Gasteiger partial charge in [0.1, 0.15) is 0 Å². The summed E-state index contributed by atoms with van der Waals surface area (Å²) in [5, 5.41) is 11.4. The van der Waals surface area contributed by atoms with E-state index in [4.69, 9.17) is 4.74 Å². The van der Waals surface area contributed by atoms with Crippen molar-refractivity contribution in [1.29, 1.82) is 0 Å². The molecule has 0 radical (unpaired) electrons. The lowest BCUT2D eigenvalue weighted by Gasteiger charge is -2.11. The van der Waals surface area contributed by atoms with Gasteiger partial charge < -0.3 is 10.1 Å². The lowest BCUT2D eigenvalue weighted by molar-refractivity contribution is -0.127. The Morgan fingerprint density at radius 3 is 2.71 bits per heavy atom. The van der Waals surface area contributed by atoms with Crippen LogP contribution in [0.4, 0.5) is 4.79 Å². The first kappa shape index (κ1) is 14.5. The number of carbonyl (C=O) groups excluding carboxylic acids is 3. The van der Waals surface area contributed by atoms with Crippen LogP contribution >= 0.6 is 0 Å². The number of urea groups is 1. The van der Waals surface area contributed by atoms with E-state index < -0.39 is 24.0 Å². The second-order valence-corrected chi connectivity index (χ2v) is 4.23. The monoisotopic (exact) mass is 290 g/mol. The molecule has 0 fully saturated rings. The number of imide groups is 1. The van der Waals surface area contributed by atoms with E-state index >= 15 is 0 Å². The molecular formula is C13H14N4O4. The first-order chi connectivity index (χ1) is 10.0. The minimum absolute atomic E-state index is 0.0881. The predicted molar refractivity (Wildman–Crippen MR) is 73.6 cm³/mol. The number of ether oxygens (including phenoxy) is 1. The fourth-order valence-corrected chi connectivity index (χ4v) is 1.66. The van der Waals surface area contributed by atoms with Crippen LogP contribution in [-0.2, 0) is 9.53 Å². The van der Waals surface area contributed by atoms with E-state index in [1.54, 1.807) is 24.3 Å². The third-order valence-electron chi connectivity index (χ3n) is 2.78. The molecule has 110 valence electrons. The molecule has 1 heterocycles. The Hall–Kier alpha value is -2.90. The molecule has 1 aromatic heterocycles. The van der Waals surface area contributed by atoms with Gasteiger partial charge in [-0.3, -0.25) is 15.2 Å². The van der Waals surface area contributed by atoms with Crippen LogP contribution in [0.5, 0.6) is 0 Å². The van der Waals surface area contributed by atoms with Crippen LogP contribution in [0.15, 0.2) is 24.3 Å². The number of rotatable bonds is 3. The Bertz CT molecular complexity index is 694. The Labute approximate surface area is 119 Å². The number of aromatic amines is 1. The maximum atomic E-state index is 12.0. The zero-order valence-corrected chi connectivity index (χ0v) is 11.5. The normalized spacial score (nSPS) is 11.7. The van der Waals surface area contributed by atoms with Gasteiger partial charge in [0.2, 0.25) is 0 Å². The Kier molecular flexibility index (Phi) is 4.17. The van der Waals surface area contributed by atoms with E-state index in [2.05, 4.69) is 15.5 Å². The molecule has 1 atom stereocenters. The maximum absolute atomic E-state index is 12.0. The van der Waals surface area contributed by atoms with Gasteiger partial charge in [-0.15, -0.1) is 0 Å². The van der Waals surface area contributed by atoms with Gasteiger partial charge in [-0.1, -0.05) is 18.2 Å². The number of fused-ring (bicyclic) bond motifs is 1. The number of para-hydroxylation sites is 1. The third kappa shape index (κ3) is 3.16. The van der Waals surface area contributed by atoms with Gasteiger partial charge >= 0.3 is 12.0 Å². The highest BCUT2D eigenvalue weighted by Crippen LogP contribution is 2.16. The van der Waals surface area contributed by atoms with Gasteiger partial charge in [-0.25, -0.2) is 9.59 Å². The SMILES string of the molecule is CNC(=O)NC(=O)C(C)OC(=O)c1n[nH]c2ccccc12. The van der Waals surface area contributed by atoms with Crippen molar-refractivity contribution in [3.63, 3.8) is 0 Å². The van der Waals surface area contributed by atoms with E-state index in [0.717, 1.165) is 0 Å². The summed E-state index contributed by atoms with van der Waals surface area (Å²) in [7, 11) is 1.37. The highest BCUT2D eigenvalue weighted by Gasteiger charge is 2.23. The molecule has 0 bridgehead atoms. The largest absolute Gasteiger partial charge is 0.448 e. The molecule has 1 unspecified atom stereocenters. The van der Waals surface area contributed by atoms with E-state index in [9.17, 15) is 14.4 Å². The van der Waals surface area contributed by atoms with Crippen LogP contribution in [-0.4, -0.2) is 41.3 Å². The number of nitrogens with one attached hydrogen (secondary N) is 3. The van der Waals surface area contributed by atoms with Crippen molar-refractivity contribution >= 4 is 28.8 Å². The molecule has 0 spiro atoms. The number of carbonyl (C=O) groups is 3. The summed E-state index contributed by atoms with van der Waals surface area (Å²) in [5.41, 5.74) is 0.775. The molecule has 0 aliphatic heterocycles. The molecule has 21 heavy (non-hydrogen) atoms. The average molecular weight is 290 g/mol. The standard InChI is InChI=1S/C13H14N4O4/c1-7(11(18)15-13(20)14-2)21-12(19)10-8-5-3-4-6-9(8)16-17-10/h3-7H,1-2H3,(H,16,17)(H2,14,15,18,20). The topological polar surface area (TPSA) is 113 Å². The highest BCUT2D eigenvalue weighted by molar-refractivity contribution is 6.03. The van der Waals surface area contributed by atoms with Gasteiger partial charge in [0.15, 0.2) is 11.8 Å². The fraction of sp³-hybridized carbons (Fsp3) is 0.231. The van der Waals surface area contributed by atoms with Gasteiger partial charge in [-0.2, -0.15) is 5.10 Å². The highest BCUT2D eigenvalue weighted by atomic mass is 16.5. The number of amides is 3. The van der Waals surface area contributed by atoms with E-state index in [1.165, 1.54) is 14.0 Å². The molecular weight excluding hydrogens is 276 g/mol. The maximum Gasteiger partial charge on any atom is 0.360 e. The summed E-state index contributed by atoms with van der Waals surface area (Å²) in [5.74, 6) is -1.46. The Balaban J connectivity index is 2.07. The summed E-state index contributed by atoms with van der Waals surface area (Å²) in [6, 6.07) is 6.37. The van der Waals surface area contributed by atoms with Gasteiger partial charge in [-0.05, 0) is 13.0 Å². The molecule has 2 aromatic rings. The summed E-state index contributed by atoms with van der Waals surface area (Å²) in [6.07, 6.45) is -1.12. The lowest BCUT2D eigenvalue weighted by Crippen LogP contribution is -2.43. The molecule has 8 heteroatoms. The third-order valence-corrected chi connectivity index (χ3v) is 2.78. The molecule has 0 aliphatic carbocycles. The minimum Gasteiger partial charge on any atom is -0.448 e. The molecule has 1 aromatic carbocycles. The second-order valence-electron chi connectivity index (χ2n) is 4.23. The molecule has 2 rings (SSSR count). The van der Waals surface area contributed by atoms with Crippen LogP contribution < -0.4 is 10.6 Å². The number of aromatic nitrogens is 2. The Morgan fingerprint density at radius 2 is 2.00 bits per heavy atom. The minimum atomic E-state index is -1.12. The van der Waals surface area contributed by atoms with Crippen molar-refractivity contribution in [1.82, 2.24) is 20.8 Å². The van der Waals surface area contributed by atoms with E-state index in [0.29, 0.717) is 10.9 Å². The van der Waals surface area contributed by atoms with Crippen molar-refractivity contribution in [2.45, 2.75) is 13.0 Å².